The molecule has 2 aromatic carbocycles. The SMILES string of the molecule is Cn1nccc1-c1cc(NC(=O)CNc2ccccc2)ccc1OCCN1CCOCC1. The molecule has 1 fully saturated rings. The molecule has 0 aliphatic carbocycles. The second-order valence-electron chi connectivity index (χ2n) is 7.62. The smallest absolute Gasteiger partial charge is 0.243 e. The fraction of sp³-hybridized carbons (Fsp3) is 0.333. The van der Waals surface area contributed by atoms with Gasteiger partial charge < -0.3 is 20.1 Å². The highest BCUT2D eigenvalue weighted by molar-refractivity contribution is 5.94. The van der Waals surface area contributed by atoms with Gasteiger partial charge in [0.15, 0.2) is 0 Å². The molecule has 8 nitrogen and oxygen atoms in total. The zero-order chi connectivity index (χ0) is 22.2. The molecule has 1 aromatic heterocycles. The Kier molecular flexibility index (Phi) is 7.37. The van der Waals surface area contributed by atoms with Gasteiger partial charge in [-0.3, -0.25) is 14.4 Å². The minimum Gasteiger partial charge on any atom is -0.492 e. The van der Waals surface area contributed by atoms with Crippen LogP contribution in [0.15, 0.2) is 60.8 Å². The molecule has 2 N–H and O–H groups in total. The number of hydrogen-bond donors (Lipinski definition) is 2. The number of nitrogens with one attached hydrogen (secondary N) is 2. The van der Waals surface area contributed by atoms with Crippen LogP contribution in [0.1, 0.15) is 0 Å². The first kappa shape index (κ1) is 21.9. The summed E-state index contributed by atoms with van der Waals surface area (Å²) in [6.45, 7) is 5.01. The molecule has 0 atom stereocenters. The van der Waals surface area contributed by atoms with Gasteiger partial charge in [0.05, 0.1) is 25.5 Å². The topological polar surface area (TPSA) is 80.7 Å². The van der Waals surface area contributed by atoms with Gasteiger partial charge >= 0.3 is 0 Å². The van der Waals surface area contributed by atoms with Crippen LogP contribution in [-0.4, -0.2) is 66.6 Å². The van der Waals surface area contributed by atoms with Crippen molar-refractivity contribution in [2.75, 3.05) is 56.6 Å². The number of rotatable bonds is 9. The Balaban J connectivity index is 1.42. The summed E-state index contributed by atoms with van der Waals surface area (Å²) in [4.78, 5) is 14.8. The summed E-state index contributed by atoms with van der Waals surface area (Å²) < 4.78 is 13.3. The first-order chi connectivity index (χ1) is 15.7. The highest BCUT2D eigenvalue weighted by Crippen LogP contribution is 2.32. The van der Waals surface area contributed by atoms with Gasteiger partial charge in [-0.1, -0.05) is 18.2 Å². The van der Waals surface area contributed by atoms with Crippen molar-refractivity contribution >= 4 is 17.3 Å². The predicted molar refractivity (Wildman–Crippen MR) is 125 cm³/mol. The number of nitrogens with zero attached hydrogens (tertiary/aromatic N) is 3. The van der Waals surface area contributed by atoms with E-state index >= 15 is 0 Å². The van der Waals surface area contributed by atoms with Crippen molar-refractivity contribution in [2.45, 2.75) is 0 Å². The van der Waals surface area contributed by atoms with Crippen LogP contribution in [0.4, 0.5) is 11.4 Å². The Morgan fingerprint density at radius 3 is 2.66 bits per heavy atom. The molecule has 1 amide bonds. The molecule has 4 rings (SSSR count). The van der Waals surface area contributed by atoms with Crippen molar-refractivity contribution in [1.82, 2.24) is 14.7 Å². The van der Waals surface area contributed by atoms with E-state index in [4.69, 9.17) is 9.47 Å². The molecule has 3 aromatic rings. The fourth-order valence-corrected chi connectivity index (χ4v) is 3.62. The van der Waals surface area contributed by atoms with Gasteiger partial charge in [0.1, 0.15) is 12.4 Å². The molecule has 2 heterocycles. The summed E-state index contributed by atoms with van der Waals surface area (Å²) in [6.07, 6.45) is 1.75. The van der Waals surface area contributed by atoms with Crippen molar-refractivity contribution in [3.05, 3.63) is 60.8 Å². The third-order valence-electron chi connectivity index (χ3n) is 5.36. The number of amides is 1. The van der Waals surface area contributed by atoms with Gasteiger partial charge in [0.25, 0.3) is 0 Å². The fourth-order valence-electron chi connectivity index (χ4n) is 3.62. The van der Waals surface area contributed by atoms with Gasteiger partial charge in [-0.2, -0.15) is 5.10 Å². The second kappa shape index (κ2) is 10.8. The van der Waals surface area contributed by atoms with Crippen LogP contribution in [0.3, 0.4) is 0 Å². The largest absolute Gasteiger partial charge is 0.492 e. The maximum absolute atomic E-state index is 12.4. The number of carbonyl (C=O) groups is 1. The summed E-state index contributed by atoms with van der Waals surface area (Å²) in [5.74, 6) is 0.646. The monoisotopic (exact) mass is 435 g/mol. The average Bonchev–Trinajstić information content (AvgIpc) is 3.25. The highest BCUT2D eigenvalue weighted by Gasteiger charge is 2.14. The Morgan fingerprint density at radius 2 is 1.91 bits per heavy atom. The van der Waals surface area contributed by atoms with Crippen molar-refractivity contribution in [3.63, 3.8) is 0 Å². The number of morpholine rings is 1. The zero-order valence-electron chi connectivity index (χ0n) is 18.3. The first-order valence-corrected chi connectivity index (χ1v) is 10.8. The van der Waals surface area contributed by atoms with E-state index in [0.717, 1.165) is 55.5 Å². The van der Waals surface area contributed by atoms with E-state index in [-0.39, 0.29) is 12.5 Å². The molecule has 8 heteroatoms. The molecule has 0 saturated carbocycles. The molecular weight excluding hydrogens is 406 g/mol. The minimum absolute atomic E-state index is 0.120. The number of hydrogen-bond acceptors (Lipinski definition) is 6. The summed E-state index contributed by atoms with van der Waals surface area (Å²) in [5.41, 5.74) is 3.43. The third-order valence-corrected chi connectivity index (χ3v) is 5.36. The number of aryl methyl sites for hydroxylation is 1. The van der Waals surface area contributed by atoms with Crippen LogP contribution in [0, 0.1) is 0 Å². The normalized spacial score (nSPS) is 14.2. The van der Waals surface area contributed by atoms with Crippen molar-refractivity contribution in [1.29, 1.82) is 0 Å². The molecule has 168 valence electrons. The van der Waals surface area contributed by atoms with Crippen LogP contribution in [0.25, 0.3) is 11.3 Å². The lowest BCUT2D eigenvalue weighted by atomic mass is 10.1. The van der Waals surface area contributed by atoms with E-state index in [1.165, 1.54) is 0 Å². The number of anilines is 2. The number of carbonyl (C=O) groups excluding carboxylic acids is 1. The zero-order valence-corrected chi connectivity index (χ0v) is 18.3. The molecule has 32 heavy (non-hydrogen) atoms. The molecule has 0 bridgehead atoms. The molecular formula is C24H29N5O3. The van der Waals surface area contributed by atoms with Crippen molar-refractivity contribution in [2.24, 2.45) is 7.05 Å². The van der Waals surface area contributed by atoms with E-state index in [2.05, 4.69) is 20.6 Å². The lowest BCUT2D eigenvalue weighted by Crippen LogP contribution is -2.38. The van der Waals surface area contributed by atoms with Gasteiger partial charge in [-0.25, -0.2) is 0 Å². The van der Waals surface area contributed by atoms with Crippen LogP contribution < -0.4 is 15.4 Å². The molecule has 0 radical (unpaired) electrons. The highest BCUT2D eigenvalue weighted by atomic mass is 16.5. The minimum atomic E-state index is -0.120. The molecule has 1 aliphatic heterocycles. The van der Waals surface area contributed by atoms with Crippen molar-refractivity contribution < 1.29 is 14.3 Å². The number of ether oxygens (including phenoxy) is 2. The summed E-state index contributed by atoms with van der Waals surface area (Å²) in [7, 11) is 1.89. The van der Waals surface area contributed by atoms with E-state index in [1.54, 1.807) is 10.9 Å². The molecule has 0 spiro atoms. The maximum Gasteiger partial charge on any atom is 0.243 e. The van der Waals surface area contributed by atoms with Gasteiger partial charge in [-0.05, 0) is 36.4 Å². The number of benzene rings is 2. The van der Waals surface area contributed by atoms with Crippen LogP contribution in [0.5, 0.6) is 5.75 Å². The van der Waals surface area contributed by atoms with E-state index in [1.807, 2.05) is 61.6 Å². The summed E-state index contributed by atoms with van der Waals surface area (Å²) in [6, 6.07) is 17.3. The number of para-hydroxylation sites is 1. The Bertz CT molecular complexity index is 1020. The molecule has 1 saturated heterocycles. The molecule has 1 aliphatic rings. The standard InChI is InChI=1S/C24H29N5O3/c1-28-22(9-10-26-28)21-17-20(27-24(30)18-25-19-5-3-2-4-6-19)7-8-23(21)32-16-13-29-11-14-31-15-12-29/h2-10,17,25H,11-16,18H2,1H3,(H,27,30). The Hall–Kier alpha value is -3.36. The summed E-state index contributed by atoms with van der Waals surface area (Å²) >= 11 is 0. The first-order valence-electron chi connectivity index (χ1n) is 10.8. The van der Waals surface area contributed by atoms with Gasteiger partial charge in [0, 0.05) is 49.8 Å². The summed E-state index contributed by atoms with van der Waals surface area (Å²) in [5, 5.41) is 10.4. The van der Waals surface area contributed by atoms with Crippen LogP contribution in [-0.2, 0) is 16.6 Å². The van der Waals surface area contributed by atoms with E-state index < -0.39 is 0 Å². The Labute approximate surface area is 188 Å². The van der Waals surface area contributed by atoms with Crippen LogP contribution in [0.2, 0.25) is 0 Å². The number of aromatic nitrogens is 2. The van der Waals surface area contributed by atoms with Gasteiger partial charge in [-0.15, -0.1) is 0 Å². The Morgan fingerprint density at radius 1 is 1.09 bits per heavy atom. The van der Waals surface area contributed by atoms with E-state index in [9.17, 15) is 4.79 Å². The maximum atomic E-state index is 12.4. The second-order valence-corrected chi connectivity index (χ2v) is 7.62. The predicted octanol–water partition coefficient (Wildman–Crippen LogP) is 2.85. The lowest BCUT2D eigenvalue weighted by molar-refractivity contribution is -0.114. The van der Waals surface area contributed by atoms with Crippen molar-refractivity contribution in [3.8, 4) is 17.0 Å². The van der Waals surface area contributed by atoms with Crippen LogP contribution >= 0.6 is 0 Å². The molecule has 0 unspecified atom stereocenters. The van der Waals surface area contributed by atoms with Gasteiger partial charge in [0.2, 0.25) is 5.91 Å². The third kappa shape index (κ3) is 5.87. The quantitative estimate of drug-likeness (QED) is 0.538. The lowest BCUT2D eigenvalue weighted by Gasteiger charge is -2.26. The van der Waals surface area contributed by atoms with E-state index in [0.29, 0.717) is 12.3 Å². The average molecular weight is 436 g/mol.